The Balaban J connectivity index is 2.15. The van der Waals surface area contributed by atoms with Gasteiger partial charge in [0.2, 0.25) is 5.89 Å². The molecule has 19 heavy (non-hydrogen) atoms. The third-order valence-electron chi connectivity index (χ3n) is 2.41. The number of carboxylic acid groups (broad SMARTS) is 1. The molecular weight excluding hydrogens is 284 g/mol. The van der Waals surface area contributed by atoms with E-state index in [9.17, 15) is 9.90 Å². The highest BCUT2D eigenvalue weighted by Crippen LogP contribution is 2.32. The normalized spacial score (nSPS) is 10.8. The molecule has 0 spiro atoms. The number of aromatic carboxylic acids is 1. The van der Waals surface area contributed by atoms with Gasteiger partial charge in [-0.1, -0.05) is 6.07 Å². The minimum Gasteiger partial charge on any atom is -0.476 e. The monoisotopic (exact) mass is 292 g/mol. The van der Waals surface area contributed by atoms with Crippen LogP contribution in [0.5, 0.6) is 0 Å². The molecule has 0 unspecified atom stereocenters. The number of carbonyl (C=O) groups is 1. The summed E-state index contributed by atoms with van der Waals surface area (Å²) in [6.07, 6.45) is 0. The van der Waals surface area contributed by atoms with Crippen LogP contribution in [-0.2, 0) is 0 Å². The quantitative estimate of drug-likeness (QED) is 0.799. The molecule has 0 saturated carbocycles. The predicted octanol–water partition coefficient (Wildman–Crippen LogP) is 3.53. The Morgan fingerprint density at radius 1 is 1.37 bits per heavy atom. The van der Waals surface area contributed by atoms with Gasteiger partial charge >= 0.3 is 5.97 Å². The van der Waals surface area contributed by atoms with E-state index in [0.29, 0.717) is 11.6 Å². The highest BCUT2D eigenvalue weighted by atomic mass is 32.1. The van der Waals surface area contributed by atoms with Gasteiger partial charge < -0.3 is 9.52 Å². The Kier molecular flexibility index (Phi) is 2.92. The fourth-order valence-electron chi connectivity index (χ4n) is 1.61. The van der Waals surface area contributed by atoms with Gasteiger partial charge in [-0.05, 0) is 18.4 Å². The molecule has 0 atom stereocenters. The van der Waals surface area contributed by atoms with Crippen molar-refractivity contribution < 1.29 is 14.3 Å². The molecule has 0 aliphatic carbocycles. The number of hydrogen-bond acceptors (Lipinski definition) is 6. The highest BCUT2D eigenvalue weighted by molar-refractivity contribution is 7.13. The molecule has 3 aromatic heterocycles. The number of hydrogen-bond donors (Lipinski definition) is 1. The summed E-state index contributed by atoms with van der Waals surface area (Å²) in [7, 11) is 0. The summed E-state index contributed by atoms with van der Waals surface area (Å²) in [5, 5.41) is 13.7. The van der Waals surface area contributed by atoms with Gasteiger partial charge in [0.1, 0.15) is 5.69 Å². The number of aromatic nitrogens is 2. The van der Waals surface area contributed by atoms with Crippen LogP contribution in [-0.4, -0.2) is 21.0 Å². The maximum absolute atomic E-state index is 11.2. The van der Waals surface area contributed by atoms with E-state index < -0.39 is 5.97 Å². The van der Waals surface area contributed by atoms with Crippen molar-refractivity contribution in [2.45, 2.75) is 6.92 Å². The van der Waals surface area contributed by atoms with Gasteiger partial charge in [-0.3, -0.25) is 0 Å². The molecule has 0 aliphatic rings. The molecule has 3 rings (SSSR count). The Hall–Kier alpha value is -1.99. The number of thiophene rings is 1. The van der Waals surface area contributed by atoms with Crippen LogP contribution >= 0.6 is 22.7 Å². The van der Waals surface area contributed by atoms with Crippen molar-refractivity contribution in [3.63, 3.8) is 0 Å². The van der Waals surface area contributed by atoms with Gasteiger partial charge in [0.05, 0.1) is 9.88 Å². The molecule has 0 aromatic carbocycles. The van der Waals surface area contributed by atoms with Gasteiger partial charge in [-0.15, -0.1) is 22.7 Å². The van der Waals surface area contributed by atoms with E-state index >= 15 is 0 Å². The predicted molar refractivity (Wildman–Crippen MR) is 72.6 cm³/mol. The molecule has 0 amide bonds. The second-order valence-corrected chi connectivity index (χ2v) is 5.74. The topological polar surface area (TPSA) is 76.2 Å². The summed E-state index contributed by atoms with van der Waals surface area (Å²) >= 11 is 2.88. The van der Waals surface area contributed by atoms with Crippen LogP contribution in [0, 0.1) is 6.92 Å². The first kappa shape index (κ1) is 12.1. The number of oxazole rings is 1. The maximum Gasteiger partial charge on any atom is 0.358 e. The molecule has 0 radical (unpaired) electrons. The zero-order valence-electron chi connectivity index (χ0n) is 9.78. The zero-order chi connectivity index (χ0) is 13.4. The lowest BCUT2D eigenvalue weighted by Gasteiger charge is -1.91. The second-order valence-electron chi connectivity index (χ2n) is 3.73. The molecule has 0 saturated heterocycles. The molecule has 5 nitrogen and oxygen atoms in total. The highest BCUT2D eigenvalue weighted by Gasteiger charge is 2.23. The lowest BCUT2D eigenvalue weighted by molar-refractivity contribution is 0.0691. The standard InChI is InChI=1S/C12H8N2O3S2/c1-6-13-7(5-19-6)10-9(12(15)16)14-11(17-10)8-3-2-4-18-8/h2-5H,1H3,(H,15,16). The SMILES string of the molecule is Cc1nc(-c2oc(-c3cccs3)nc2C(=O)O)cs1. The molecule has 3 aromatic rings. The largest absolute Gasteiger partial charge is 0.476 e. The average Bonchev–Trinajstić information content (AvgIpc) is 3.07. The van der Waals surface area contributed by atoms with Crippen LogP contribution in [0.1, 0.15) is 15.5 Å². The maximum atomic E-state index is 11.2. The van der Waals surface area contributed by atoms with E-state index in [1.807, 2.05) is 24.4 Å². The van der Waals surface area contributed by atoms with E-state index in [4.69, 9.17) is 4.42 Å². The second kappa shape index (κ2) is 4.60. The molecule has 96 valence electrons. The van der Waals surface area contributed by atoms with Crippen molar-refractivity contribution in [1.29, 1.82) is 0 Å². The van der Waals surface area contributed by atoms with Crippen molar-refractivity contribution in [3.8, 4) is 22.2 Å². The molecule has 0 bridgehead atoms. The first-order valence-corrected chi connectivity index (χ1v) is 7.11. The van der Waals surface area contributed by atoms with Crippen molar-refractivity contribution in [1.82, 2.24) is 9.97 Å². The Bertz CT molecular complexity index is 728. The lowest BCUT2D eigenvalue weighted by Crippen LogP contribution is -1.98. The molecule has 1 N–H and O–H groups in total. The van der Waals surface area contributed by atoms with Crippen LogP contribution in [0.15, 0.2) is 27.3 Å². The summed E-state index contributed by atoms with van der Waals surface area (Å²) in [5.74, 6) is -0.597. The summed E-state index contributed by atoms with van der Waals surface area (Å²) < 4.78 is 5.58. The van der Waals surface area contributed by atoms with Gasteiger partial charge in [-0.25, -0.2) is 14.8 Å². The van der Waals surface area contributed by atoms with Gasteiger partial charge in [0, 0.05) is 5.38 Å². The molecule has 7 heteroatoms. The fraction of sp³-hybridized carbons (Fsp3) is 0.0833. The Labute approximate surface area is 116 Å². The van der Waals surface area contributed by atoms with Crippen LogP contribution in [0.3, 0.4) is 0 Å². The number of carboxylic acids is 1. The third kappa shape index (κ3) is 2.18. The summed E-state index contributed by atoms with van der Waals surface area (Å²) in [6.45, 7) is 1.85. The Morgan fingerprint density at radius 2 is 2.21 bits per heavy atom. The van der Waals surface area contributed by atoms with Crippen molar-refractivity contribution in [2.75, 3.05) is 0 Å². The fourth-order valence-corrected chi connectivity index (χ4v) is 2.85. The van der Waals surface area contributed by atoms with E-state index in [1.54, 1.807) is 5.38 Å². The minimum absolute atomic E-state index is 0.103. The zero-order valence-corrected chi connectivity index (χ0v) is 11.4. The molecule has 3 heterocycles. The first-order valence-electron chi connectivity index (χ1n) is 5.35. The third-order valence-corrected chi connectivity index (χ3v) is 4.04. The molecular formula is C12H8N2O3S2. The van der Waals surface area contributed by atoms with Crippen molar-refractivity contribution in [2.24, 2.45) is 0 Å². The molecule has 0 aliphatic heterocycles. The first-order chi connectivity index (χ1) is 9.15. The number of thiazole rings is 1. The average molecular weight is 292 g/mol. The van der Waals surface area contributed by atoms with Crippen LogP contribution < -0.4 is 0 Å². The lowest BCUT2D eigenvalue weighted by atomic mass is 10.3. The van der Waals surface area contributed by atoms with E-state index in [-0.39, 0.29) is 11.5 Å². The number of rotatable bonds is 3. The van der Waals surface area contributed by atoms with Crippen molar-refractivity contribution in [3.05, 3.63) is 33.6 Å². The van der Waals surface area contributed by atoms with Gasteiger partial charge in [0.15, 0.2) is 11.5 Å². The van der Waals surface area contributed by atoms with Crippen LogP contribution in [0.25, 0.3) is 22.2 Å². The van der Waals surface area contributed by atoms with Gasteiger partial charge in [0.25, 0.3) is 0 Å². The summed E-state index contributed by atoms with van der Waals surface area (Å²) in [4.78, 5) is 20.3. The summed E-state index contributed by atoms with van der Waals surface area (Å²) in [5.41, 5.74) is 0.406. The van der Waals surface area contributed by atoms with E-state index in [0.717, 1.165) is 9.88 Å². The minimum atomic E-state index is -1.12. The van der Waals surface area contributed by atoms with Crippen LogP contribution in [0.2, 0.25) is 0 Å². The van der Waals surface area contributed by atoms with Gasteiger partial charge in [-0.2, -0.15) is 0 Å². The number of nitrogens with zero attached hydrogens (tertiary/aromatic N) is 2. The van der Waals surface area contributed by atoms with Crippen molar-refractivity contribution >= 4 is 28.6 Å². The molecule has 0 fully saturated rings. The van der Waals surface area contributed by atoms with E-state index in [1.165, 1.54) is 22.7 Å². The number of aryl methyl sites for hydroxylation is 1. The Morgan fingerprint density at radius 3 is 2.79 bits per heavy atom. The van der Waals surface area contributed by atoms with E-state index in [2.05, 4.69) is 9.97 Å². The smallest absolute Gasteiger partial charge is 0.358 e. The summed E-state index contributed by atoms with van der Waals surface area (Å²) in [6, 6.07) is 3.69. The van der Waals surface area contributed by atoms with Crippen LogP contribution in [0.4, 0.5) is 0 Å².